The molecular formula is C16H14Br2N2O3. The van der Waals surface area contributed by atoms with Crippen LogP contribution in [0.1, 0.15) is 11.1 Å². The first-order valence-electron chi connectivity index (χ1n) is 6.62. The van der Waals surface area contributed by atoms with Crippen molar-refractivity contribution in [3.8, 4) is 11.5 Å². The smallest absolute Gasteiger partial charge is 0.244 e. The highest BCUT2D eigenvalue weighted by atomic mass is 79.9. The van der Waals surface area contributed by atoms with Crippen LogP contribution in [0, 0.1) is 0 Å². The monoisotopic (exact) mass is 440 g/mol. The van der Waals surface area contributed by atoms with E-state index in [0.29, 0.717) is 8.95 Å². The van der Waals surface area contributed by atoms with E-state index in [1.165, 1.54) is 6.21 Å². The Hall–Kier alpha value is -1.86. The van der Waals surface area contributed by atoms with Crippen molar-refractivity contribution in [1.82, 2.24) is 5.43 Å². The molecule has 5 nitrogen and oxygen atoms in total. The fourth-order valence-corrected chi connectivity index (χ4v) is 3.03. The zero-order valence-electron chi connectivity index (χ0n) is 12.2. The first kappa shape index (κ1) is 17.5. The van der Waals surface area contributed by atoms with Crippen LogP contribution in [0.4, 0.5) is 0 Å². The van der Waals surface area contributed by atoms with E-state index < -0.39 is 0 Å². The van der Waals surface area contributed by atoms with Crippen molar-refractivity contribution in [1.29, 1.82) is 0 Å². The third-order valence-corrected chi connectivity index (χ3v) is 4.17. The van der Waals surface area contributed by atoms with Gasteiger partial charge in [-0.2, -0.15) is 5.10 Å². The van der Waals surface area contributed by atoms with Crippen LogP contribution < -0.4 is 10.2 Å². The quantitative estimate of drug-likeness (QED) is 0.549. The second-order valence-electron chi connectivity index (χ2n) is 4.65. The molecule has 0 unspecified atom stereocenters. The Morgan fingerprint density at radius 3 is 2.43 bits per heavy atom. The Morgan fingerprint density at radius 2 is 1.87 bits per heavy atom. The van der Waals surface area contributed by atoms with Gasteiger partial charge in [-0.15, -0.1) is 0 Å². The molecule has 7 heteroatoms. The number of aromatic hydroxyl groups is 1. The number of carbonyl (C=O) groups is 1. The molecule has 2 aromatic rings. The molecule has 0 aliphatic heterocycles. The Bertz CT molecular complexity index is 708. The van der Waals surface area contributed by atoms with E-state index in [2.05, 4.69) is 42.4 Å². The molecule has 0 heterocycles. The molecule has 0 aliphatic rings. The lowest BCUT2D eigenvalue weighted by molar-refractivity contribution is -0.120. The minimum absolute atomic E-state index is 0.116. The van der Waals surface area contributed by atoms with Gasteiger partial charge in [-0.3, -0.25) is 4.79 Å². The Balaban J connectivity index is 1.93. The van der Waals surface area contributed by atoms with E-state index in [1.807, 2.05) is 12.1 Å². The topological polar surface area (TPSA) is 70.9 Å². The predicted octanol–water partition coefficient (Wildman–Crippen LogP) is 3.62. The van der Waals surface area contributed by atoms with Crippen molar-refractivity contribution in [3.63, 3.8) is 0 Å². The van der Waals surface area contributed by atoms with Crippen LogP contribution in [0.5, 0.6) is 11.5 Å². The van der Waals surface area contributed by atoms with Crippen molar-refractivity contribution < 1.29 is 14.6 Å². The van der Waals surface area contributed by atoms with E-state index in [0.717, 1.165) is 16.9 Å². The van der Waals surface area contributed by atoms with Crippen molar-refractivity contribution >= 4 is 44.0 Å². The molecule has 120 valence electrons. The van der Waals surface area contributed by atoms with E-state index in [-0.39, 0.29) is 18.1 Å². The first-order valence-corrected chi connectivity index (χ1v) is 8.21. The van der Waals surface area contributed by atoms with Gasteiger partial charge in [0.1, 0.15) is 11.5 Å². The molecule has 0 saturated heterocycles. The van der Waals surface area contributed by atoms with E-state index in [4.69, 9.17) is 4.74 Å². The summed E-state index contributed by atoms with van der Waals surface area (Å²) in [4.78, 5) is 11.8. The van der Waals surface area contributed by atoms with Crippen LogP contribution in [-0.4, -0.2) is 24.3 Å². The number of hydrogen-bond donors (Lipinski definition) is 2. The largest absolute Gasteiger partial charge is 0.506 e. The van der Waals surface area contributed by atoms with Crippen LogP contribution in [-0.2, 0) is 11.2 Å². The van der Waals surface area contributed by atoms with Gasteiger partial charge in [-0.1, -0.05) is 12.1 Å². The third kappa shape index (κ3) is 5.07. The maximum absolute atomic E-state index is 11.8. The number of ether oxygens (including phenoxy) is 1. The molecule has 0 bridgehead atoms. The summed E-state index contributed by atoms with van der Waals surface area (Å²) in [6.45, 7) is 0. The number of nitrogens with zero attached hydrogens (tertiary/aromatic N) is 1. The number of phenols is 1. The van der Waals surface area contributed by atoms with Crippen molar-refractivity contribution in [2.24, 2.45) is 5.10 Å². The summed E-state index contributed by atoms with van der Waals surface area (Å²) in [7, 11) is 1.59. The number of nitrogens with one attached hydrogen (secondary N) is 1. The number of amides is 1. The SMILES string of the molecule is COc1ccc(CC(=O)N/N=C\c2cc(Br)c(O)c(Br)c2)cc1. The molecular weight excluding hydrogens is 428 g/mol. The maximum atomic E-state index is 11.8. The van der Waals surface area contributed by atoms with Crippen molar-refractivity contribution in [3.05, 3.63) is 56.5 Å². The van der Waals surface area contributed by atoms with Gasteiger partial charge in [0.05, 0.1) is 28.7 Å². The third-order valence-electron chi connectivity index (χ3n) is 2.97. The summed E-state index contributed by atoms with van der Waals surface area (Å²) in [6.07, 6.45) is 1.73. The van der Waals surface area contributed by atoms with Gasteiger partial charge in [0.15, 0.2) is 0 Å². The number of hydrazone groups is 1. The van der Waals surface area contributed by atoms with Crippen molar-refractivity contribution in [2.75, 3.05) is 7.11 Å². The number of halogens is 2. The lowest BCUT2D eigenvalue weighted by Crippen LogP contribution is -2.19. The molecule has 2 aromatic carbocycles. The van der Waals surface area contributed by atoms with Gasteiger partial charge >= 0.3 is 0 Å². The number of methoxy groups -OCH3 is 1. The standard InChI is InChI=1S/C16H14Br2N2O3/c1-23-12-4-2-10(3-5-12)8-15(21)20-19-9-11-6-13(17)16(22)14(18)7-11/h2-7,9,22H,8H2,1H3,(H,20,21)/b19-9-. The minimum Gasteiger partial charge on any atom is -0.506 e. The number of benzene rings is 2. The highest BCUT2D eigenvalue weighted by molar-refractivity contribution is 9.11. The summed E-state index contributed by atoms with van der Waals surface area (Å²) in [6, 6.07) is 10.7. The molecule has 1 amide bonds. The van der Waals surface area contributed by atoms with Crippen LogP contribution in [0.3, 0.4) is 0 Å². The highest BCUT2D eigenvalue weighted by Crippen LogP contribution is 2.32. The molecule has 0 radical (unpaired) electrons. The van der Waals surface area contributed by atoms with Gasteiger partial charge < -0.3 is 9.84 Å². The molecule has 0 fully saturated rings. The molecule has 2 N–H and O–H groups in total. The van der Waals surface area contributed by atoms with Gasteiger partial charge in [-0.25, -0.2) is 5.43 Å². The summed E-state index contributed by atoms with van der Waals surface area (Å²) >= 11 is 6.47. The summed E-state index contributed by atoms with van der Waals surface area (Å²) in [5.41, 5.74) is 4.07. The molecule has 2 rings (SSSR count). The van der Waals surface area contributed by atoms with Gasteiger partial charge in [0, 0.05) is 0 Å². The normalized spacial score (nSPS) is 10.7. The Morgan fingerprint density at radius 1 is 1.26 bits per heavy atom. The molecule has 0 aliphatic carbocycles. The molecule has 0 aromatic heterocycles. The van der Waals surface area contributed by atoms with Gasteiger partial charge in [0.25, 0.3) is 0 Å². The van der Waals surface area contributed by atoms with Gasteiger partial charge in [-0.05, 0) is 67.3 Å². The molecule has 0 spiro atoms. The zero-order valence-corrected chi connectivity index (χ0v) is 15.4. The lowest BCUT2D eigenvalue weighted by Gasteiger charge is -2.03. The van der Waals surface area contributed by atoms with Gasteiger partial charge in [0.2, 0.25) is 5.91 Å². The van der Waals surface area contributed by atoms with Crippen LogP contribution in [0.15, 0.2) is 50.4 Å². The van der Waals surface area contributed by atoms with E-state index in [9.17, 15) is 9.90 Å². The highest BCUT2D eigenvalue weighted by Gasteiger charge is 2.05. The second kappa shape index (κ2) is 8.12. The first-order chi connectivity index (χ1) is 11.0. The number of carbonyl (C=O) groups excluding carboxylic acids is 1. The summed E-state index contributed by atoms with van der Waals surface area (Å²) < 4.78 is 6.15. The summed E-state index contributed by atoms with van der Waals surface area (Å²) in [5, 5.41) is 13.5. The fourth-order valence-electron chi connectivity index (χ4n) is 1.81. The van der Waals surface area contributed by atoms with Crippen molar-refractivity contribution in [2.45, 2.75) is 6.42 Å². The average molecular weight is 442 g/mol. The molecule has 0 saturated carbocycles. The Labute approximate surface area is 150 Å². The van der Waals surface area contributed by atoms with Crippen LogP contribution in [0.25, 0.3) is 0 Å². The Kier molecular flexibility index (Phi) is 6.18. The maximum Gasteiger partial charge on any atom is 0.244 e. The minimum atomic E-state index is -0.219. The summed E-state index contributed by atoms with van der Waals surface area (Å²) in [5.74, 6) is 0.643. The number of hydrogen-bond acceptors (Lipinski definition) is 4. The number of phenolic OH excluding ortho intramolecular Hbond substituents is 1. The van der Waals surface area contributed by atoms with E-state index in [1.54, 1.807) is 31.4 Å². The fraction of sp³-hybridized carbons (Fsp3) is 0.125. The average Bonchev–Trinajstić information content (AvgIpc) is 2.53. The number of rotatable bonds is 5. The zero-order chi connectivity index (χ0) is 16.8. The molecule has 23 heavy (non-hydrogen) atoms. The van der Waals surface area contributed by atoms with E-state index >= 15 is 0 Å². The van der Waals surface area contributed by atoms with Crippen LogP contribution in [0.2, 0.25) is 0 Å². The lowest BCUT2D eigenvalue weighted by atomic mass is 10.1. The molecule has 0 atom stereocenters. The second-order valence-corrected chi connectivity index (χ2v) is 6.36. The van der Waals surface area contributed by atoms with Crippen LogP contribution >= 0.6 is 31.9 Å². The predicted molar refractivity (Wildman–Crippen MR) is 95.9 cm³/mol.